The molecule has 0 bridgehead atoms. The summed E-state index contributed by atoms with van der Waals surface area (Å²) in [7, 11) is 0.410. The first-order valence-corrected chi connectivity index (χ1v) is 13.1. The quantitative estimate of drug-likeness (QED) is 0.578. The Morgan fingerprint density at radius 3 is 2.04 bits per heavy atom. The molecule has 2 aliphatic carbocycles. The average molecular weight is 427 g/mol. The van der Waals surface area contributed by atoms with Gasteiger partial charge in [-0.25, -0.2) is 4.99 Å². The summed E-state index contributed by atoms with van der Waals surface area (Å²) < 4.78 is 11.8. The fourth-order valence-electron chi connectivity index (χ4n) is 3.52. The standard InChI is InChI=1S/C17H28NO2Si.C5H5.Fe/c1-7-17(8-2,19-3)15-12-20-16(18-15)13-10-9-11-14(13)21(4,5)6;1-2-4-5-3-1;/h9-11,15H,7-8,12H2,1-6H3;1-5H;/q;;+2/t15-;;/m0../s1. The van der Waals surface area contributed by atoms with Crippen molar-refractivity contribution in [1.82, 2.24) is 0 Å². The Kier molecular flexibility index (Phi) is 10.6. The number of methoxy groups -OCH3 is 1. The van der Waals surface area contributed by atoms with E-state index in [0.29, 0.717) is 6.61 Å². The molecule has 10 radical (unpaired) electrons. The second kappa shape index (κ2) is 11.4. The van der Waals surface area contributed by atoms with Gasteiger partial charge in [0.05, 0.1) is 19.6 Å². The van der Waals surface area contributed by atoms with Crippen molar-refractivity contribution in [1.29, 1.82) is 0 Å². The van der Waals surface area contributed by atoms with Crippen LogP contribution in [-0.2, 0) is 26.5 Å². The van der Waals surface area contributed by atoms with Crippen LogP contribution in [-0.4, -0.2) is 39.3 Å². The van der Waals surface area contributed by atoms with E-state index >= 15 is 0 Å². The van der Waals surface area contributed by atoms with E-state index in [1.165, 1.54) is 11.5 Å². The van der Waals surface area contributed by atoms with Gasteiger partial charge < -0.3 is 9.47 Å². The van der Waals surface area contributed by atoms with Gasteiger partial charge in [0.1, 0.15) is 12.6 Å². The maximum Gasteiger partial charge on any atom is 2.00 e. The molecule has 2 saturated carbocycles. The van der Waals surface area contributed by atoms with Crippen molar-refractivity contribution in [2.45, 2.75) is 58.0 Å². The Morgan fingerprint density at radius 2 is 1.59 bits per heavy atom. The molecule has 148 valence electrons. The Hall–Kier alpha value is 0.166. The molecule has 3 nitrogen and oxygen atoms in total. The summed E-state index contributed by atoms with van der Waals surface area (Å²) in [6.07, 6.45) is 18.4. The van der Waals surface area contributed by atoms with E-state index in [-0.39, 0.29) is 28.7 Å². The zero-order valence-corrected chi connectivity index (χ0v) is 19.5. The second-order valence-corrected chi connectivity index (χ2v) is 12.8. The molecular formula is C22H33FeNO2Si+2. The van der Waals surface area contributed by atoms with Gasteiger partial charge in [0.2, 0.25) is 0 Å². The van der Waals surface area contributed by atoms with Gasteiger partial charge in [-0.3, -0.25) is 0 Å². The summed E-state index contributed by atoms with van der Waals surface area (Å²) in [6.45, 7) is 12.0. The normalized spacial score (nSPS) is 24.1. The van der Waals surface area contributed by atoms with Crippen molar-refractivity contribution in [3.05, 3.63) is 62.8 Å². The third-order valence-corrected chi connectivity index (χ3v) is 7.32. The van der Waals surface area contributed by atoms with Crippen LogP contribution in [0.4, 0.5) is 0 Å². The van der Waals surface area contributed by atoms with Crippen LogP contribution < -0.4 is 0 Å². The maximum absolute atomic E-state index is 5.95. The number of hydrogen-bond acceptors (Lipinski definition) is 3. The van der Waals surface area contributed by atoms with Crippen LogP contribution in [0.15, 0.2) is 4.99 Å². The predicted octanol–water partition coefficient (Wildman–Crippen LogP) is 4.66. The first kappa shape index (κ1) is 25.2. The van der Waals surface area contributed by atoms with Gasteiger partial charge in [-0.2, -0.15) is 0 Å². The predicted molar refractivity (Wildman–Crippen MR) is 112 cm³/mol. The van der Waals surface area contributed by atoms with E-state index in [2.05, 4.69) is 52.8 Å². The molecule has 0 aromatic rings. The van der Waals surface area contributed by atoms with Gasteiger partial charge in [-0.05, 0) is 69.7 Å². The van der Waals surface area contributed by atoms with E-state index in [9.17, 15) is 0 Å². The number of rotatable bonds is 6. The average Bonchev–Trinajstić information content (AvgIpc) is 3.37. The summed E-state index contributed by atoms with van der Waals surface area (Å²) in [5.74, 6) is 2.00. The number of nitrogens with zero attached hydrogens (tertiary/aromatic N) is 1. The summed E-state index contributed by atoms with van der Waals surface area (Å²) in [6, 6.07) is 0.0943. The van der Waals surface area contributed by atoms with Crippen molar-refractivity contribution < 1.29 is 26.5 Å². The molecule has 27 heavy (non-hydrogen) atoms. The molecule has 0 aromatic heterocycles. The maximum atomic E-state index is 5.95. The molecular weight excluding hydrogens is 394 g/mol. The summed E-state index contributed by atoms with van der Waals surface area (Å²) in [5, 5.41) is 0. The summed E-state index contributed by atoms with van der Waals surface area (Å²) in [4.78, 5) is 4.88. The molecule has 0 saturated heterocycles. The van der Waals surface area contributed by atoms with Crippen LogP contribution in [0.3, 0.4) is 0 Å². The Bertz CT molecular complexity index is 440. The monoisotopic (exact) mass is 427 g/mol. The molecule has 0 aromatic carbocycles. The molecule has 1 aliphatic heterocycles. The molecule has 0 unspecified atom stereocenters. The van der Waals surface area contributed by atoms with Crippen molar-refractivity contribution in [3.8, 4) is 0 Å². The van der Waals surface area contributed by atoms with Crippen LogP contribution >= 0.6 is 0 Å². The van der Waals surface area contributed by atoms with Crippen molar-refractivity contribution >= 4 is 14.0 Å². The molecule has 3 aliphatic rings. The van der Waals surface area contributed by atoms with Crippen LogP contribution in [0.5, 0.6) is 0 Å². The van der Waals surface area contributed by atoms with E-state index < -0.39 is 8.07 Å². The van der Waals surface area contributed by atoms with Crippen LogP contribution in [0.1, 0.15) is 26.7 Å². The third kappa shape index (κ3) is 6.32. The summed E-state index contributed by atoms with van der Waals surface area (Å²) >= 11 is 0. The van der Waals surface area contributed by atoms with E-state index in [4.69, 9.17) is 14.5 Å². The molecule has 0 spiro atoms. The van der Waals surface area contributed by atoms with Crippen molar-refractivity contribution in [2.75, 3.05) is 13.7 Å². The number of hydrogen-bond donors (Lipinski definition) is 0. The molecule has 0 amide bonds. The van der Waals surface area contributed by atoms with Crippen LogP contribution in [0, 0.1) is 62.8 Å². The Labute approximate surface area is 179 Å². The molecule has 3 rings (SSSR count). The number of aliphatic imine (C=N–C) groups is 1. The van der Waals surface area contributed by atoms with Gasteiger partial charge in [0.25, 0.3) is 0 Å². The molecule has 1 heterocycles. The molecule has 5 heteroatoms. The van der Waals surface area contributed by atoms with Crippen LogP contribution in [0.2, 0.25) is 19.6 Å². The SMILES string of the molecule is CCC(CC)(OC)[C@@H]1COC([C]2[CH][CH][CH][C]2[Si](C)(C)C)=N1.[CH]1[CH][CH][CH][CH]1.[Fe+2]. The number of ether oxygens (including phenoxy) is 2. The zero-order chi connectivity index (χ0) is 19.2. The first-order chi connectivity index (χ1) is 12.4. The molecule has 2 fully saturated rings. The van der Waals surface area contributed by atoms with Crippen LogP contribution in [0.25, 0.3) is 0 Å². The minimum atomic E-state index is -1.38. The topological polar surface area (TPSA) is 30.8 Å². The molecule has 0 N–H and O–H groups in total. The second-order valence-electron chi connectivity index (χ2n) is 7.80. The fourth-order valence-corrected chi connectivity index (χ4v) is 5.11. The zero-order valence-electron chi connectivity index (χ0n) is 17.4. The van der Waals surface area contributed by atoms with Crippen molar-refractivity contribution in [2.24, 2.45) is 4.99 Å². The van der Waals surface area contributed by atoms with E-state index in [1.807, 2.05) is 32.1 Å². The van der Waals surface area contributed by atoms with Gasteiger partial charge in [-0.15, -0.1) is 0 Å². The third-order valence-electron chi connectivity index (χ3n) is 5.27. The smallest absolute Gasteiger partial charge is 0.478 e. The van der Waals surface area contributed by atoms with Crippen molar-refractivity contribution in [3.63, 3.8) is 0 Å². The minimum Gasteiger partial charge on any atom is -0.478 e. The fraction of sp³-hybridized carbons (Fsp3) is 0.500. The first-order valence-electron chi connectivity index (χ1n) is 9.57. The largest absolute Gasteiger partial charge is 2.00 e. The minimum absolute atomic E-state index is 0. The van der Waals surface area contributed by atoms with Gasteiger partial charge in [-0.1, -0.05) is 33.5 Å². The summed E-state index contributed by atoms with van der Waals surface area (Å²) in [5.41, 5.74) is 1.23. The molecule has 1 atom stereocenters. The van der Waals surface area contributed by atoms with Gasteiger partial charge >= 0.3 is 17.1 Å². The van der Waals surface area contributed by atoms with E-state index in [0.717, 1.165) is 18.7 Å². The van der Waals surface area contributed by atoms with Gasteiger partial charge in [0.15, 0.2) is 5.90 Å². The van der Waals surface area contributed by atoms with E-state index in [1.54, 1.807) is 7.11 Å². The van der Waals surface area contributed by atoms with Gasteiger partial charge in [0, 0.05) is 7.11 Å². The Morgan fingerprint density at radius 1 is 1.04 bits per heavy atom. The Balaban J connectivity index is 0.000000526.